The highest BCUT2D eigenvalue weighted by atomic mass is 19.1. The first-order valence-corrected chi connectivity index (χ1v) is 6.62. The van der Waals surface area contributed by atoms with E-state index in [1.807, 2.05) is 23.1 Å². The van der Waals surface area contributed by atoms with Crippen molar-refractivity contribution in [2.24, 2.45) is 0 Å². The molecule has 0 atom stereocenters. The van der Waals surface area contributed by atoms with Crippen LogP contribution >= 0.6 is 0 Å². The minimum atomic E-state index is -0.246. The zero-order valence-electron chi connectivity index (χ0n) is 10.9. The average Bonchev–Trinajstić information content (AvgIpc) is 3.01. The lowest BCUT2D eigenvalue weighted by Gasteiger charge is -2.38. The Bertz CT molecular complexity index is 727. The predicted octanol–water partition coefficient (Wildman–Crippen LogP) is 1.73. The van der Waals surface area contributed by atoms with Crippen molar-refractivity contribution in [1.29, 1.82) is 0 Å². The molecule has 102 valence electrons. The fraction of sp³-hybridized carbons (Fsp3) is 0.286. The predicted molar refractivity (Wildman–Crippen MR) is 71.7 cm³/mol. The molecule has 0 unspecified atom stereocenters. The van der Waals surface area contributed by atoms with Crippen LogP contribution in [-0.4, -0.2) is 37.2 Å². The first-order chi connectivity index (χ1) is 9.78. The summed E-state index contributed by atoms with van der Waals surface area (Å²) in [7, 11) is 0. The molecule has 1 fully saturated rings. The number of pyridine rings is 1. The number of rotatable bonds is 3. The van der Waals surface area contributed by atoms with Gasteiger partial charge in [-0.2, -0.15) is 5.10 Å². The Balaban J connectivity index is 1.44. The number of imidazole rings is 1. The van der Waals surface area contributed by atoms with Gasteiger partial charge < -0.3 is 4.40 Å². The second-order valence-corrected chi connectivity index (χ2v) is 5.18. The van der Waals surface area contributed by atoms with Gasteiger partial charge in [0.05, 0.1) is 11.7 Å². The second kappa shape index (κ2) is 4.42. The van der Waals surface area contributed by atoms with Crippen molar-refractivity contribution >= 4 is 5.65 Å². The summed E-state index contributed by atoms with van der Waals surface area (Å²) in [5, 5.41) is 4.25. The highest BCUT2D eigenvalue weighted by Gasteiger charge is 2.28. The Morgan fingerprint density at radius 1 is 1.25 bits per heavy atom. The molecule has 4 heterocycles. The Kier molecular flexibility index (Phi) is 2.56. The minimum Gasteiger partial charge on any atom is -0.304 e. The largest absolute Gasteiger partial charge is 0.304 e. The Hall–Kier alpha value is -2.21. The van der Waals surface area contributed by atoms with Crippen LogP contribution in [0, 0.1) is 5.82 Å². The summed E-state index contributed by atoms with van der Waals surface area (Å²) in [4.78, 5) is 6.81. The molecular weight excluding hydrogens is 257 g/mol. The standard InChI is InChI=1S/C14H14FN5/c15-11-2-3-14-17-12(8-19(14)6-11)7-18-9-13(10-18)20-5-1-4-16-20/h1-6,8,13H,7,9-10H2. The van der Waals surface area contributed by atoms with Gasteiger partial charge in [0.2, 0.25) is 0 Å². The van der Waals surface area contributed by atoms with Crippen molar-refractivity contribution in [1.82, 2.24) is 24.1 Å². The molecule has 3 aromatic heterocycles. The smallest absolute Gasteiger partial charge is 0.139 e. The minimum absolute atomic E-state index is 0.246. The molecule has 0 bridgehead atoms. The summed E-state index contributed by atoms with van der Waals surface area (Å²) >= 11 is 0. The van der Waals surface area contributed by atoms with E-state index in [-0.39, 0.29) is 5.82 Å². The highest BCUT2D eigenvalue weighted by Crippen LogP contribution is 2.22. The van der Waals surface area contributed by atoms with E-state index >= 15 is 0 Å². The summed E-state index contributed by atoms with van der Waals surface area (Å²) in [5.41, 5.74) is 1.75. The van der Waals surface area contributed by atoms with E-state index in [4.69, 9.17) is 0 Å². The van der Waals surface area contributed by atoms with Crippen molar-refractivity contribution in [3.63, 3.8) is 0 Å². The molecule has 1 aliphatic rings. The van der Waals surface area contributed by atoms with Crippen LogP contribution in [0.2, 0.25) is 0 Å². The summed E-state index contributed by atoms with van der Waals surface area (Å²) in [5.74, 6) is -0.246. The van der Waals surface area contributed by atoms with E-state index in [2.05, 4.69) is 15.0 Å². The molecule has 5 nitrogen and oxygen atoms in total. The van der Waals surface area contributed by atoms with Gasteiger partial charge in [-0.05, 0) is 18.2 Å². The fourth-order valence-corrected chi connectivity index (χ4v) is 2.66. The van der Waals surface area contributed by atoms with Crippen LogP contribution in [0.5, 0.6) is 0 Å². The summed E-state index contributed by atoms with van der Waals surface area (Å²) < 4.78 is 16.9. The summed E-state index contributed by atoms with van der Waals surface area (Å²) in [6.07, 6.45) is 7.14. The van der Waals surface area contributed by atoms with Crippen molar-refractivity contribution in [3.05, 3.63) is 54.5 Å². The lowest BCUT2D eigenvalue weighted by atomic mass is 10.1. The Morgan fingerprint density at radius 2 is 2.15 bits per heavy atom. The van der Waals surface area contributed by atoms with Crippen LogP contribution in [0.3, 0.4) is 0 Å². The SMILES string of the molecule is Fc1ccc2nc(CN3CC(n4cccn4)C3)cn2c1. The molecule has 0 amide bonds. The highest BCUT2D eigenvalue weighted by molar-refractivity contribution is 5.39. The van der Waals surface area contributed by atoms with Gasteiger partial charge in [-0.3, -0.25) is 9.58 Å². The number of likely N-dealkylation sites (tertiary alicyclic amines) is 1. The molecule has 6 heteroatoms. The van der Waals surface area contributed by atoms with E-state index in [1.54, 1.807) is 16.7 Å². The van der Waals surface area contributed by atoms with Crippen LogP contribution in [0.1, 0.15) is 11.7 Å². The van der Waals surface area contributed by atoms with E-state index < -0.39 is 0 Å². The molecule has 0 aromatic carbocycles. The van der Waals surface area contributed by atoms with E-state index in [1.165, 1.54) is 12.3 Å². The van der Waals surface area contributed by atoms with E-state index in [0.29, 0.717) is 6.04 Å². The van der Waals surface area contributed by atoms with Gasteiger partial charge in [-0.25, -0.2) is 9.37 Å². The third-order valence-electron chi connectivity index (χ3n) is 3.69. The van der Waals surface area contributed by atoms with Crippen molar-refractivity contribution in [2.45, 2.75) is 12.6 Å². The molecule has 0 N–H and O–H groups in total. The van der Waals surface area contributed by atoms with E-state index in [9.17, 15) is 4.39 Å². The monoisotopic (exact) mass is 271 g/mol. The van der Waals surface area contributed by atoms with Crippen LogP contribution in [0.15, 0.2) is 43.0 Å². The number of hydrogen-bond acceptors (Lipinski definition) is 3. The maximum Gasteiger partial charge on any atom is 0.139 e. The molecule has 1 aliphatic heterocycles. The van der Waals surface area contributed by atoms with Gasteiger partial charge in [0, 0.05) is 44.4 Å². The Labute approximate surface area is 115 Å². The van der Waals surface area contributed by atoms with Gasteiger partial charge in [-0.15, -0.1) is 0 Å². The second-order valence-electron chi connectivity index (χ2n) is 5.18. The van der Waals surface area contributed by atoms with Crippen LogP contribution < -0.4 is 0 Å². The van der Waals surface area contributed by atoms with Gasteiger partial charge in [0.1, 0.15) is 11.5 Å². The molecule has 0 saturated carbocycles. The van der Waals surface area contributed by atoms with Gasteiger partial charge in [0.25, 0.3) is 0 Å². The number of nitrogens with zero attached hydrogens (tertiary/aromatic N) is 5. The third kappa shape index (κ3) is 1.98. The van der Waals surface area contributed by atoms with Crippen LogP contribution in [-0.2, 0) is 6.54 Å². The summed E-state index contributed by atoms with van der Waals surface area (Å²) in [6, 6.07) is 5.53. The molecule has 0 radical (unpaired) electrons. The maximum atomic E-state index is 13.1. The average molecular weight is 271 g/mol. The topological polar surface area (TPSA) is 38.4 Å². The lowest BCUT2D eigenvalue weighted by molar-refractivity contribution is 0.0897. The van der Waals surface area contributed by atoms with Crippen molar-refractivity contribution in [3.8, 4) is 0 Å². The molecule has 1 saturated heterocycles. The fourth-order valence-electron chi connectivity index (χ4n) is 2.66. The van der Waals surface area contributed by atoms with Gasteiger partial charge >= 0.3 is 0 Å². The first-order valence-electron chi connectivity index (χ1n) is 6.62. The number of fused-ring (bicyclic) bond motifs is 1. The molecule has 0 spiro atoms. The molecule has 0 aliphatic carbocycles. The van der Waals surface area contributed by atoms with Gasteiger partial charge in [0.15, 0.2) is 0 Å². The third-order valence-corrected chi connectivity index (χ3v) is 3.69. The van der Waals surface area contributed by atoms with Crippen LogP contribution in [0.4, 0.5) is 4.39 Å². The Morgan fingerprint density at radius 3 is 2.95 bits per heavy atom. The number of hydrogen-bond donors (Lipinski definition) is 0. The quantitative estimate of drug-likeness (QED) is 0.728. The molecule has 20 heavy (non-hydrogen) atoms. The first kappa shape index (κ1) is 11.6. The van der Waals surface area contributed by atoms with Gasteiger partial charge in [-0.1, -0.05) is 0 Å². The zero-order valence-corrected chi connectivity index (χ0v) is 10.9. The summed E-state index contributed by atoms with van der Waals surface area (Å²) in [6.45, 7) is 2.74. The molecular formula is C14H14FN5. The normalized spacial score (nSPS) is 16.6. The number of halogens is 1. The number of aromatic nitrogens is 4. The van der Waals surface area contributed by atoms with Crippen LogP contribution in [0.25, 0.3) is 5.65 Å². The van der Waals surface area contributed by atoms with Crippen molar-refractivity contribution in [2.75, 3.05) is 13.1 Å². The molecule has 4 rings (SSSR count). The van der Waals surface area contributed by atoms with E-state index in [0.717, 1.165) is 31.0 Å². The zero-order chi connectivity index (χ0) is 13.5. The maximum absolute atomic E-state index is 13.1. The van der Waals surface area contributed by atoms with Crippen molar-refractivity contribution < 1.29 is 4.39 Å². The molecule has 3 aromatic rings. The lowest BCUT2D eigenvalue weighted by Crippen LogP contribution is -2.47.